The van der Waals surface area contributed by atoms with Gasteiger partial charge >= 0.3 is 6.03 Å². The molecule has 7 heteroatoms. The van der Waals surface area contributed by atoms with Crippen LogP contribution in [0.4, 0.5) is 4.79 Å². The number of nitrogens with two attached hydrogens (primary N) is 1. The molecular weight excluding hydrogens is 282 g/mol. The number of amides is 2. The van der Waals surface area contributed by atoms with Crippen LogP contribution in [0.3, 0.4) is 0 Å². The van der Waals surface area contributed by atoms with Gasteiger partial charge in [-0.25, -0.2) is 10.2 Å². The van der Waals surface area contributed by atoms with Gasteiger partial charge < -0.3 is 15.2 Å². The van der Waals surface area contributed by atoms with Gasteiger partial charge in [0.15, 0.2) is 11.5 Å². The van der Waals surface area contributed by atoms with E-state index in [1.807, 2.05) is 13.8 Å². The molecule has 0 spiro atoms. The van der Waals surface area contributed by atoms with E-state index in [0.29, 0.717) is 22.1 Å². The molecule has 0 bridgehead atoms. The van der Waals surface area contributed by atoms with E-state index in [0.717, 1.165) is 6.42 Å². The first-order chi connectivity index (χ1) is 9.47. The van der Waals surface area contributed by atoms with E-state index < -0.39 is 6.03 Å². The van der Waals surface area contributed by atoms with Crippen molar-refractivity contribution in [2.45, 2.75) is 26.4 Å². The van der Waals surface area contributed by atoms with E-state index in [9.17, 15) is 4.79 Å². The van der Waals surface area contributed by atoms with E-state index in [2.05, 4.69) is 10.5 Å². The predicted molar refractivity (Wildman–Crippen MR) is 78.7 cm³/mol. The summed E-state index contributed by atoms with van der Waals surface area (Å²) in [7, 11) is 1.53. The third-order valence-corrected chi connectivity index (χ3v) is 2.81. The van der Waals surface area contributed by atoms with Gasteiger partial charge in [0, 0.05) is 0 Å². The molecule has 6 nitrogen and oxygen atoms in total. The molecule has 0 saturated carbocycles. The number of hydrogen-bond donors (Lipinski definition) is 2. The summed E-state index contributed by atoms with van der Waals surface area (Å²) >= 11 is 6.18. The molecule has 0 fully saturated rings. The Morgan fingerprint density at radius 2 is 2.30 bits per heavy atom. The van der Waals surface area contributed by atoms with Crippen molar-refractivity contribution in [2.24, 2.45) is 10.8 Å². The molecule has 1 aromatic rings. The number of methoxy groups -OCH3 is 1. The lowest BCUT2D eigenvalue weighted by molar-refractivity contribution is 0.208. The highest BCUT2D eigenvalue weighted by molar-refractivity contribution is 6.32. The van der Waals surface area contributed by atoms with Crippen LogP contribution in [-0.4, -0.2) is 25.5 Å². The number of nitrogens with one attached hydrogen (secondary N) is 1. The second-order valence-electron chi connectivity index (χ2n) is 4.11. The van der Waals surface area contributed by atoms with Crippen molar-refractivity contribution in [3.63, 3.8) is 0 Å². The molecule has 0 aliphatic carbocycles. The first-order valence-corrected chi connectivity index (χ1v) is 6.48. The van der Waals surface area contributed by atoms with Crippen molar-refractivity contribution in [1.29, 1.82) is 0 Å². The minimum atomic E-state index is -0.740. The summed E-state index contributed by atoms with van der Waals surface area (Å²) in [6, 6.07) is 2.63. The monoisotopic (exact) mass is 299 g/mol. The smallest absolute Gasteiger partial charge is 0.332 e. The third kappa shape index (κ3) is 4.62. The van der Waals surface area contributed by atoms with Crippen molar-refractivity contribution in [1.82, 2.24) is 5.43 Å². The Labute approximate surface area is 122 Å². The number of primary amides is 1. The van der Waals surface area contributed by atoms with Crippen molar-refractivity contribution in [2.75, 3.05) is 7.11 Å². The number of ether oxygens (including phenoxy) is 2. The van der Waals surface area contributed by atoms with Crippen LogP contribution < -0.4 is 20.6 Å². The zero-order valence-corrected chi connectivity index (χ0v) is 12.4. The maximum Gasteiger partial charge on any atom is 0.332 e. The number of halogens is 1. The summed E-state index contributed by atoms with van der Waals surface area (Å²) in [5.74, 6) is 0.988. The van der Waals surface area contributed by atoms with Crippen LogP contribution in [0, 0.1) is 0 Å². The van der Waals surface area contributed by atoms with Gasteiger partial charge in [0.25, 0.3) is 0 Å². The highest BCUT2D eigenvalue weighted by Gasteiger charge is 2.13. The van der Waals surface area contributed by atoms with E-state index in [4.69, 9.17) is 26.8 Å². The third-order valence-electron chi connectivity index (χ3n) is 2.53. The lowest BCUT2D eigenvalue weighted by atomic mass is 10.2. The van der Waals surface area contributed by atoms with Gasteiger partial charge in [-0.2, -0.15) is 5.10 Å². The molecule has 20 heavy (non-hydrogen) atoms. The van der Waals surface area contributed by atoms with Crippen LogP contribution in [0.5, 0.6) is 11.5 Å². The average molecular weight is 300 g/mol. The molecule has 1 atom stereocenters. The Morgan fingerprint density at radius 3 is 2.85 bits per heavy atom. The average Bonchev–Trinajstić information content (AvgIpc) is 2.40. The standard InChI is InChI=1S/C13H18ClN3O3/c1-4-8(2)20-12-10(14)5-9(6-11(12)19-3)7-16-17-13(15)18/h5-8H,4H2,1-3H3,(H3,15,17,18)/b16-7-/t8-/m1/s1. The Kier molecular flexibility index (Phi) is 6.11. The molecule has 3 N–H and O–H groups in total. The Bertz CT molecular complexity index is 506. The van der Waals surface area contributed by atoms with Crippen LogP contribution in [-0.2, 0) is 0 Å². The summed E-state index contributed by atoms with van der Waals surface area (Å²) in [6.45, 7) is 3.96. The predicted octanol–water partition coefficient (Wildman–Crippen LogP) is 2.53. The molecule has 0 aliphatic rings. The molecule has 110 valence electrons. The van der Waals surface area contributed by atoms with Crippen LogP contribution >= 0.6 is 11.6 Å². The van der Waals surface area contributed by atoms with Crippen LogP contribution in [0.1, 0.15) is 25.8 Å². The highest BCUT2D eigenvalue weighted by atomic mass is 35.5. The largest absolute Gasteiger partial charge is 0.493 e. The molecule has 1 rings (SSSR count). The summed E-state index contributed by atoms with van der Waals surface area (Å²) in [6.07, 6.45) is 2.29. The summed E-state index contributed by atoms with van der Waals surface area (Å²) in [4.78, 5) is 10.5. The van der Waals surface area contributed by atoms with Gasteiger partial charge in [0.05, 0.1) is 24.5 Å². The van der Waals surface area contributed by atoms with Gasteiger partial charge in [0.2, 0.25) is 0 Å². The Balaban J connectivity index is 3.00. The number of benzene rings is 1. The fourth-order valence-corrected chi connectivity index (χ4v) is 1.65. The maximum absolute atomic E-state index is 10.5. The number of nitrogens with zero attached hydrogens (tertiary/aromatic N) is 1. The SMILES string of the molecule is CC[C@@H](C)Oc1c(Cl)cc(/C=N\NC(N)=O)cc1OC. The summed E-state index contributed by atoms with van der Waals surface area (Å²) in [5, 5.41) is 4.07. The molecule has 0 saturated heterocycles. The Morgan fingerprint density at radius 1 is 1.60 bits per heavy atom. The molecule has 0 aliphatic heterocycles. The van der Waals surface area contributed by atoms with Crippen LogP contribution in [0.15, 0.2) is 17.2 Å². The quantitative estimate of drug-likeness (QED) is 0.625. The summed E-state index contributed by atoms with van der Waals surface area (Å²) < 4.78 is 11.0. The van der Waals surface area contributed by atoms with E-state index in [-0.39, 0.29) is 6.10 Å². The van der Waals surface area contributed by atoms with Crippen molar-refractivity contribution in [3.05, 3.63) is 22.7 Å². The molecule has 1 aromatic carbocycles. The van der Waals surface area contributed by atoms with Crippen molar-refractivity contribution in [3.8, 4) is 11.5 Å². The first-order valence-electron chi connectivity index (χ1n) is 6.10. The van der Waals surface area contributed by atoms with Crippen molar-refractivity contribution >= 4 is 23.8 Å². The molecule has 0 unspecified atom stereocenters. The number of hydrazone groups is 1. The molecular formula is C13H18ClN3O3. The zero-order chi connectivity index (χ0) is 15.1. The van der Waals surface area contributed by atoms with Gasteiger partial charge in [-0.05, 0) is 31.0 Å². The normalized spacial score (nSPS) is 12.2. The molecule has 0 aromatic heterocycles. The van der Waals surface area contributed by atoms with Crippen LogP contribution in [0.25, 0.3) is 0 Å². The first kappa shape index (κ1) is 16.1. The minimum Gasteiger partial charge on any atom is -0.493 e. The topological polar surface area (TPSA) is 85.9 Å². The van der Waals surface area contributed by atoms with Gasteiger partial charge in [-0.1, -0.05) is 18.5 Å². The second kappa shape index (κ2) is 7.59. The fraction of sp³-hybridized carbons (Fsp3) is 0.385. The lowest BCUT2D eigenvalue weighted by Crippen LogP contribution is -2.24. The number of rotatable bonds is 6. The number of urea groups is 1. The lowest BCUT2D eigenvalue weighted by Gasteiger charge is -2.17. The van der Waals surface area contributed by atoms with Gasteiger partial charge in [0.1, 0.15) is 0 Å². The van der Waals surface area contributed by atoms with Gasteiger partial charge in [-0.3, -0.25) is 0 Å². The Hall–Kier alpha value is -1.95. The zero-order valence-electron chi connectivity index (χ0n) is 11.6. The second-order valence-corrected chi connectivity index (χ2v) is 4.51. The maximum atomic E-state index is 10.5. The van der Waals surface area contributed by atoms with E-state index >= 15 is 0 Å². The summed E-state index contributed by atoms with van der Waals surface area (Å²) in [5.41, 5.74) is 7.65. The molecule has 0 radical (unpaired) electrons. The molecule has 2 amide bonds. The number of hydrogen-bond acceptors (Lipinski definition) is 4. The number of carbonyl (C=O) groups excluding carboxylic acids is 1. The van der Waals surface area contributed by atoms with Gasteiger partial charge in [-0.15, -0.1) is 0 Å². The van der Waals surface area contributed by atoms with Crippen LogP contribution in [0.2, 0.25) is 5.02 Å². The van der Waals surface area contributed by atoms with E-state index in [1.165, 1.54) is 13.3 Å². The number of carbonyl (C=O) groups is 1. The van der Waals surface area contributed by atoms with Crippen molar-refractivity contribution < 1.29 is 14.3 Å². The minimum absolute atomic E-state index is 0.0254. The highest BCUT2D eigenvalue weighted by Crippen LogP contribution is 2.36. The van der Waals surface area contributed by atoms with E-state index in [1.54, 1.807) is 12.1 Å². The molecule has 0 heterocycles. The fourth-order valence-electron chi connectivity index (χ4n) is 1.38.